The minimum Gasteiger partial charge on any atom is -0.756 e. The zero-order valence-electron chi connectivity index (χ0n) is 52.0. The van der Waals surface area contributed by atoms with Crippen LogP contribution in [0.1, 0.15) is 245 Å². The van der Waals surface area contributed by atoms with Crippen LogP contribution in [0.2, 0.25) is 0 Å². The van der Waals surface area contributed by atoms with E-state index in [2.05, 4.69) is 153 Å². The first kappa shape index (κ1) is 76.4. The number of aliphatic hydroxyl groups excluding tert-OH is 1. The lowest BCUT2D eigenvalue weighted by Gasteiger charge is -2.29. The fourth-order valence-electron chi connectivity index (χ4n) is 8.55. The monoisotopic (exact) mass is 1130 g/mol. The second kappa shape index (κ2) is 60.0. The number of nitrogens with one attached hydrogen (secondary N) is 1. The molecule has 9 heteroatoms. The van der Waals surface area contributed by atoms with Gasteiger partial charge in [-0.1, -0.05) is 275 Å². The van der Waals surface area contributed by atoms with E-state index in [0.717, 1.165) is 96.3 Å². The molecule has 0 heterocycles. The van der Waals surface area contributed by atoms with Crippen molar-refractivity contribution >= 4 is 13.7 Å². The van der Waals surface area contributed by atoms with Crippen molar-refractivity contribution in [3.63, 3.8) is 0 Å². The molecule has 8 nitrogen and oxygen atoms in total. The summed E-state index contributed by atoms with van der Waals surface area (Å²) in [6.07, 6.45) is 92.4. The predicted molar refractivity (Wildman–Crippen MR) is 348 cm³/mol. The number of quaternary nitrogens is 1. The van der Waals surface area contributed by atoms with E-state index >= 15 is 0 Å². The van der Waals surface area contributed by atoms with Gasteiger partial charge in [0.1, 0.15) is 13.2 Å². The summed E-state index contributed by atoms with van der Waals surface area (Å²) in [6, 6.07) is -0.940. The Labute approximate surface area is 493 Å². The zero-order valence-corrected chi connectivity index (χ0v) is 52.9. The number of hydrogen-bond acceptors (Lipinski definition) is 6. The standard InChI is InChI=1S/C71H121N2O6P/c1-6-8-10-12-14-16-18-20-22-24-26-28-30-32-33-34-35-36-37-38-39-41-43-45-47-49-51-53-55-57-59-61-63-65-71(75)72-69(68-79-80(76,77)78-67-66-73(3,4)5)70(74)64-62-60-58-56-54-52-50-48-46-44-42-40-31-29-27-25-23-21-19-17-15-13-11-9-7-2/h8,10,14,16,20,22,26,28,32-33,35-36,38-39,43,45,49,51,54-57,62,64,69-70,74H,6-7,9,11-13,15,17-19,21,23-25,27,29-31,34,37,40-42,44,46-48,50,52-53,58-61,63,65-68H2,1-5H3,(H-,72,75,76,77)/b10-8-,16-14-,22-20-,28-26-,33-32-,36-35-,39-38-,45-43-,51-49-,56-54+,57-55-,64-62+. The van der Waals surface area contributed by atoms with Gasteiger partial charge in [-0.15, -0.1) is 0 Å². The summed E-state index contributed by atoms with van der Waals surface area (Å²) in [5.41, 5.74) is 0. The highest BCUT2D eigenvalue weighted by atomic mass is 31.2. The van der Waals surface area contributed by atoms with E-state index in [4.69, 9.17) is 9.05 Å². The third-order valence-electron chi connectivity index (χ3n) is 13.5. The van der Waals surface area contributed by atoms with Crippen LogP contribution in [0.3, 0.4) is 0 Å². The van der Waals surface area contributed by atoms with Crippen LogP contribution in [0.25, 0.3) is 0 Å². The highest BCUT2D eigenvalue weighted by Crippen LogP contribution is 2.38. The molecule has 456 valence electrons. The largest absolute Gasteiger partial charge is 0.756 e. The zero-order chi connectivity index (χ0) is 58.4. The minimum atomic E-state index is -4.63. The molecule has 0 spiro atoms. The molecule has 3 atom stereocenters. The third kappa shape index (κ3) is 62.0. The number of unbranched alkanes of at least 4 members (excludes halogenated alkanes) is 22. The van der Waals surface area contributed by atoms with Crippen molar-refractivity contribution in [1.82, 2.24) is 5.32 Å². The Morgan fingerprint density at radius 3 is 1.16 bits per heavy atom. The third-order valence-corrected chi connectivity index (χ3v) is 14.5. The van der Waals surface area contributed by atoms with Gasteiger partial charge < -0.3 is 28.8 Å². The summed E-state index contributed by atoms with van der Waals surface area (Å²) in [6.45, 7) is 4.48. The lowest BCUT2D eigenvalue weighted by molar-refractivity contribution is -0.870. The quantitative estimate of drug-likeness (QED) is 0.0272. The summed E-state index contributed by atoms with van der Waals surface area (Å²) in [5.74, 6) is -0.254. The molecular weight excluding hydrogens is 1010 g/mol. The number of phosphoric ester groups is 1. The number of nitrogens with zero attached hydrogens (tertiary/aromatic N) is 1. The van der Waals surface area contributed by atoms with E-state index in [1.807, 2.05) is 27.2 Å². The van der Waals surface area contributed by atoms with Crippen molar-refractivity contribution in [2.24, 2.45) is 0 Å². The molecule has 0 aromatic carbocycles. The number of phosphoric acid groups is 1. The van der Waals surface area contributed by atoms with Gasteiger partial charge in [0.05, 0.1) is 39.9 Å². The van der Waals surface area contributed by atoms with E-state index in [1.54, 1.807) is 6.08 Å². The number of carbonyl (C=O) groups is 1. The smallest absolute Gasteiger partial charge is 0.268 e. The Morgan fingerprint density at radius 2 is 0.775 bits per heavy atom. The van der Waals surface area contributed by atoms with Crippen LogP contribution < -0.4 is 10.2 Å². The number of likely N-dealkylation sites (N-methyl/N-ethyl adjacent to an activating group) is 1. The van der Waals surface area contributed by atoms with Gasteiger partial charge in [0.15, 0.2) is 0 Å². The maximum absolute atomic E-state index is 13.0. The van der Waals surface area contributed by atoms with E-state index in [9.17, 15) is 19.4 Å². The van der Waals surface area contributed by atoms with Gasteiger partial charge in [0.25, 0.3) is 7.82 Å². The fraction of sp³-hybridized carbons (Fsp3) is 0.648. The molecule has 0 rings (SSSR count). The van der Waals surface area contributed by atoms with Gasteiger partial charge in [0.2, 0.25) is 5.91 Å². The molecule has 80 heavy (non-hydrogen) atoms. The number of amides is 1. The molecule has 0 aliphatic rings. The topological polar surface area (TPSA) is 108 Å². The molecule has 3 unspecified atom stereocenters. The first-order valence-corrected chi connectivity index (χ1v) is 33.7. The van der Waals surface area contributed by atoms with Gasteiger partial charge in [0, 0.05) is 6.42 Å². The summed E-state index contributed by atoms with van der Waals surface area (Å²) in [4.78, 5) is 25.6. The lowest BCUT2D eigenvalue weighted by atomic mass is 10.0. The molecule has 0 fully saturated rings. The number of rotatable bonds is 57. The van der Waals surface area contributed by atoms with E-state index < -0.39 is 26.6 Å². The number of allylic oxidation sites excluding steroid dienone is 23. The number of aliphatic hydroxyl groups is 1. The SMILES string of the molecule is CC/C=C\C/C=C\C/C=C\C/C=C\C/C=C\C/C=C\C/C=C\C/C=C\C/C=C\C/C=C\CCCCC(=O)NC(COP(=O)([O-])OCC[N+](C)(C)C)C(O)/C=C/CC/C=C/CCCCCCCCCCCCCCCCCCCCC. The molecule has 0 saturated heterocycles. The van der Waals surface area contributed by atoms with Gasteiger partial charge in [-0.3, -0.25) is 9.36 Å². The highest BCUT2D eigenvalue weighted by Gasteiger charge is 2.23. The van der Waals surface area contributed by atoms with Gasteiger partial charge in [-0.05, 0) is 109 Å². The summed E-state index contributed by atoms with van der Waals surface area (Å²) < 4.78 is 23.4. The van der Waals surface area contributed by atoms with Crippen LogP contribution in [0.5, 0.6) is 0 Å². The van der Waals surface area contributed by atoms with Crippen molar-refractivity contribution in [3.8, 4) is 0 Å². The summed E-state index contributed by atoms with van der Waals surface area (Å²) in [5, 5.41) is 13.9. The maximum atomic E-state index is 13.0. The molecule has 2 N–H and O–H groups in total. The Bertz CT molecular complexity index is 1810. The van der Waals surface area contributed by atoms with Crippen molar-refractivity contribution in [2.45, 2.75) is 257 Å². The van der Waals surface area contributed by atoms with Crippen LogP contribution >= 0.6 is 7.82 Å². The minimum absolute atomic E-state index is 0.0232. The van der Waals surface area contributed by atoms with Crippen molar-refractivity contribution in [2.75, 3.05) is 40.9 Å². The second-order valence-corrected chi connectivity index (χ2v) is 23.8. The molecule has 0 saturated carbocycles. The maximum Gasteiger partial charge on any atom is 0.268 e. The Balaban J connectivity index is 4.33. The molecule has 0 bridgehead atoms. The molecule has 0 aromatic heterocycles. The van der Waals surface area contributed by atoms with Crippen molar-refractivity contribution in [1.29, 1.82) is 0 Å². The first-order valence-electron chi connectivity index (χ1n) is 32.2. The van der Waals surface area contributed by atoms with Crippen LogP contribution in [-0.4, -0.2) is 68.5 Å². The van der Waals surface area contributed by atoms with Crippen molar-refractivity contribution in [3.05, 3.63) is 146 Å². The van der Waals surface area contributed by atoms with E-state index in [1.165, 1.54) is 122 Å². The van der Waals surface area contributed by atoms with Gasteiger partial charge in [-0.2, -0.15) is 0 Å². The Kier molecular flexibility index (Phi) is 57.3. The molecule has 0 aliphatic carbocycles. The summed E-state index contributed by atoms with van der Waals surface area (Å²) >= 11 is 0. The van der Waals surface area contributed by atoms with E-state index in [-0.39, 0.29) is 18.9 Å². The average molecular weight is 1130 g/mol. The summed E-state index contributed by atoms with van der Waals surface area (Å²) in [7, 11) is 1.19. The van der Waals surface area contributed by atoms with Crippen molar-refractivity contribution < 1.29 is 32.9 Å². The first-order chi connectivity index (χ1) is 39.0. The lowest BCUT2D eigenvalue weighted by Crippen LogP contribution is -2.45. The van der Waals surface area contributed by atoms with E-state index in [0.29, 0.717) is 17.4 Å². The number of hydrogen-bond donors (Lipinski definition) is 2. The Hall–Kier alpha value is -3.62. The molecular formula is C71H121N2O6P. The second-order valence-electron chi connectivity index (χ2n) is 22.4. The van der Waals surface area contributed by atoms with Crippen LogP contribution in [0, 0.1) is 0 Å². The predicted octanol–water partition coefficient (Wildman–Crippen LogP) is 19.8. The molecule has 0 aromatic rings. The van der Waals surface area contributed by atoms with Gasteiger partial charge in [-0.25, -0.2) is 0 Å². The Morgan fingerprint density at radius 1 is 0.450 bits per heavy atom. The van der Waals surface area contributed by atoms with Gasteiger partial charge >= 0.3 is 0 Å². The molecule has 0 radical (unpaired) electrons. The van der Waals surface area contributed by atoms with Crippen LogP contribution in [-0.2, 0) is 18.4 Å². The highest BCUT2D eigenvalue weighted by molar-refractivity contribution is 7.45. The average Bonchev–Trinajstić information content (AvgIpc) is 3.42. The fourth-order valence-corrected chi connectivity index (χ4v) is 9.27. The number of carbonyl (C=O) groups excluding carboxylic acids is 1. The normalized spacial score (nSPS) is 14.7. The van der Waals surface area contributed by atoms with Crippen LogP contribution in [0.15, 0.2) is 146 Å². The molecule has 0 aliphatic heterocycles. The molecule has 1 amide bonds. The van der Waals surface area contributed by atoms with Crippen LogP contribution in [0.4, 0.5) is 0 Å².